The van der Waals surface area contributed by atoms with Gasteiger partial charge in [-0.15, -0.1) is 0 Å². The molecule has 2 rings (SSSR count). The van der Waals surface area contributed by atoms with Gasteiger partial charge >= 0.3 is 6.18 Å². The maximum Gasteiger partial charge on any atom is 0.417 e. The fourth-order valence-electron chi connectivity index (χ4n) is 1.36. The van der Waals surface area contributed by atoms with Crippen molar-refractivity contribution >= 4 is 5.78 Å². The standard InChI is InChI=1S/C11H6F3NO2/c12-11(13,14)8-3-4-15-6-7(8)10(16)9-2-1-5-17-9/h1-6H. The Bertz CT molecular complexity index is 532. The van der Waals surface area contributed by atoms with E-state index in [4.69, 9.17) is 4.42 Å². The largest absolute Gasteiger partial charge is 0.461 e. The van der Waals surface area contributed by atoms with E-state index in [1.165, 1.54) is 18.4 Å². The van der Waals surface area contributed by atoms with Crippen molar-refractivity contribution in [2.24, 2.45) is 0 Å². The van der Waals surface area contributed by atoms with Crippen LogP contribution in [0.4, 0.5) is 13.2 Å². The van der Waals surface area contributed by atoms with Gasteiger partial charge in [-0.25, -0.2) is 0 Å². The first-order valence-corrected chi connectivity index (χ1v) is 4.59. The molecule has 2 heterocycles. The van der Waals surface area contributed by atoms with Crippen molar-refractivity contribution < 1.29 is 22.4 Å². The Morgan fingerprint density at radius 3 is 2.65 bits per heavy atom. The van der Waals surface area contributed by atoms with E-state index < -0.39 is 23.1 Å². The minimum Gasteiger partial charge on any atom is -0.461 e. The van der Waals surface area contributed by atoms with Gasteiger partial charge in [0.25, 0.3) is 0 Å². The third-order valence-electron chi connectivity index (χ3n) is 2.12. The van der Waals surface area contributed by atoms with Crippen molar-refractivity contribution in [3.8, 4) is 0 Å². The lowest BCUT2D eigenvalue weighted by Gasteiger charge is -2.09. The molecule has 0 saturated carbocycles. The van der Waals surface area contributed by atoms with Crippen LogP contribution in [-0.2, 0) is 6.18 Å². The predicted molar refractivity (Wildman–Crippen MR) is 51.4 cm³/mol. The van der Waals surface area contributed by atoms with E-state index in [1.807, 2.05) is 0 Å². The SMILES string of the molecule is O=C(c1ccco1)c1cnccc1C(F)(F)F. The summed E-state index contributed by atoms with van der Waals surface area (Å²) in [4.78, 5) is 15.3. The zero-order valence-electron chi connectivity index (χ0n) is 8.36. The number of pyridine rings is 1. The van der Waals surface area contributed by atoms with Crippen molar-refractivity contribution in [1.82, 2.24) is 4.98 Å². The Morgan fingerprint density at radius 2 is 2.06 bits per heavy atom. The van der Waals surface area contributed by atoms with Gasteiger partial charge in [0.05, 0.1) is 17.4 Å². The molecular weight excluding hydrogens is 235 g/mol. The molecule has 0 aliphatic carbocycles. The fourth-order valence-corrected chi connectivity index (χ4v) is 1.36. The molecule has 0 aromatic carbocycles. The monoisotopic (exact) mass is 241 g/mol. The van der Waals surface area contributed by atoms with Gasteiger partial charge in [-0.1, -0.05) is 0 Å². The molecule has 2 aromatic rings. The Kier molecular flexibility index (Phi) is 2.71. The van der Waals surface area contributed by atoms with Gasteiger partial charge in [0.1, 0.15) is 0 Å². The van der Waals surface area contributed by atoms with Gasteiger partial charge in [0, 0.05) is 12.4 Å². The second kappa shape index (κ2) is 4.04. The molecule has 88 valence electrons. The Labute approximate surface area is 93.9 Å². The summed E-state index contributed by atoms with van der Waals surface area (Å²) in [5.41, 5.74) is -1.54. The number of hydrogen-bond donors (Lipinski definition) is 0. The number of halogens is 3. The molecule has 0 atom stereocenters. The topological polar surface area (TPSA) is 43.1 Å². The Hall–Kier alpha value is -2.11. The summed E-state index contributed by atoms with van der Waals surface area (Å²) >= 11 is 0. The molecule has 6 heteroatoms. The van der Waals surface area contributed by atoms with Crippen LogP contribution in [0.2, 0.25) is 0 Å². The van der Waals surface area contributed by atoms with Crippen LogP contribution in [0, 0.1) is 0 Å². The first kappa shape index (κ1) is 11.4. The highest BCUT2D eigenvalue weighted by Gasteiger charge is 2.35. The summed E-state index contributed by atoms with van der Waals surface area (Å²) in [5, 5.41) is 0. The summed E-state index contributed by atoms with van der Waals surface area (Å²) in [7, 11) is 0. The van der Waals surface area contributed by atoms with E-state index in [2.05, 4.69) is 4.98 Å². The maximum atomic E-state index is 12.6. The van der Waals surface area contributed by atoms with Crippen LogP contribution in [-0.4, -0.2) is 10.8 Å². The first-order chi connectivity index (χ1) is 8.00. The average Bonchev–Trinajstić information content (AvgIpc) is 2.80. The number of rotatable bonds is 2. The molecule has 0 aliphatic rings. The zero-order chi connectivity index (χ0) is 12.5. The highest BCUT2D eigenvalue weighted by Crippen LogP contribution is 2.32. The van der Waals surface area contributed by atoms with Crippen LogP contribution < -0.4 is 0 Å². The summed E-state index contributed by atoms with van der Waals surface area (Å²) in [6.45, 7) is 0. The number of aromatic nitrogens is 1. The molecule has 0 unspecified atom stereocenters. The summed E-state index contributed by atoms with van der Waals surface area (Å²) in [6, 6.07) is 3.49. The normalized spacial score (nSPS) is 11.5. The highest BCUT2D eigenvalue weighted by atomic mass is 19.4. The van der Waals surface area contributed by atoms with Gasteiger partial charge in [-0.2, -0.15) is 13.2 Å². The fraction of sp³-hybridized carbons (Fsp3) is 0.0909. The minimum atomic E-state index is -4.60. The van der Waals surface area contributed by atoms with Crippen LogP contribution >= 0.6 is 0 Å². The molecule has 0 spiro atoms. The van der Waals surface area contributed by atoms with Crippen molar-refractivity contribution in [1.29, 1.82) is 0 Å². The minimum absolute atomic E-state index is 0.150. The number of alkyl halides is 3. The van der Waals surface area contributed by atoms with E-state index >= 15 is 0 Å². The van der Waals surface area contributed by atoms with Gasteiger partial charge in [0.15, 0.2) is 5.76 Å². The number of furan rings is 1. The number of carbonyl (C=O) groups is 1. The van der Waals surface area contributed by atoms with Gasteiger partial charge in [0.2, 0.25) is 5.78 Å². The van der Waals surface area contributed by atoms with Crippen molar-refractivity contribution in [2.45, 2.75) is 6.18 Å². The van der Waals surface area contributed by atoms with Crippen molar-refractivity contribution in [3.63, 3.8) is 0 Å². The summed E-state index contributed by atoms with van der Waals surface area (Å²) in [5.74, 6) is -0.987. The molecule has 0 fully saturated rings. The first-order valence-electron chi connectivity index (χ1n) is 4.59. The van der Waals surface area contributed by atoms with E-state index in [0.717, 1.165) is 18.5 Å². The van der Waals surface area contributed by atoms with Crippen LogP contribution in [0.1, 0.15) is 21.7 Å². The van der Waals surface area contributed by atoms with Crippen LogP contribution in [0.3, 0.4) is 0 Å². The molecule has 17 heavy (non-hydrogen) atoms. The molecule has 3 nitrogen and oxygen atoms in total. The molecule has 0 aliphatic heterocycles. The number of carbonyl (C=O) groups excluding carboxylic acids is 1. The van der Waals surface area contributed by atoms with Gasteiger partial charge in [-0.05, 0) is 18.2 Å². The number of hydrogen-bond acceptors (Lipinski definition) is 3. The van der Waals surface area contributed by atoms with E-state index in [-0.39, 0.29) is 5.76 Å². The lowest BCUT2D eigenvalue weighted by atomic mass is 10.0. The quantitative estimate of drug-likeness (QED) is 0.759. The van der Waals surface area contributed by atoms with E-state index in [1.54, 1.807) is 0 Å². The summed E-state index contributed by atoms with van der Waals surface area (Å²) < 4.78 is 42.7. The molecule has 0 bridgehead atoms. The van der Waals surface area contributed by atoms with Gasteiger partial charge in [-0.3, -0.25) is 9.78 Å². The lowest BCUT2D eigenvalue weighted by molar-refractivity contribution is -0.137. The second-order valence-electron chi connectivity index (χ2n) is 3.23. The third kappa shape index (κ3) is 2.20. The number of nitrogens with zero attached hydrogens (tertiary/aromatic N) is 1. The van der Waals surface area contributed by atoms with Crippen LogP contribution in [0.5, 0.6) is 0 Å². The Balaban J connectivity index is 2.50. The van der Waals surface area contributed by atoms with E-state index in [9.17, 15) is 18.0 Å². The molecule has 0 saturated heterocycles. The second-order valence-corrected chi connectivity index (χ2v) is 3.23. The Morgan fingerprint density at radius 1 is 1.29 bits per heavy atom. The third-order valence-corrected chi connectivity index (χ3v) is 2.12. The highest BCUT2D eigenvalue weighted by molar-refractivity contribution is 6.07. The van der Waals surface area contributed by atoms with E-state index in [0.29, 0.717) is 0 Å². The predicted octanol–water partition coefficient (Wildman–Crippen LogP) is 2.92. The smallest absolute Gasteiger partial charge is 0.417 e. The van der Waals surface area contributed by atoms with Gasteiger partial charge < -0.3 is 4.42 Å². The zero-order valence-corrected chi connectivity index (χ0v) is 8.36. The van der Waals surface area contributed by atoms with Crippen LogP contribution in [0.25, 0.3) is 0 Å². The lowest BCUT2D eigenvalue weighted by Crippen LogP contribution is -2.13. The number of ketones is 1. The molecule has 0 radical (unpaired) electrons. The van der Waals surface area contributed by atoms with Crippen molar-refractivity contribution in [3.05, 3.63) is 53.7 Å². The summed E-state index contributed by atoms with van der Waals surface area (Å²) in [6.07, 6.45) is -1.51. The molecule has 2 aromatic heterocycles. The molecular formula is C11H6F3NO2. The van der Waals surface area contributed by atoms with Crippen molar-refractivity contribution in [2.75, 3.05) is 0 Å². The molecule has 0 amide bonds. The van der Waals surface area contributed by atoms with Crippen LogP contribution in [0.15, 0.2) is 41.3 Å². The average molecular weight is 241 g/mol. The molecule has 0 N–H and O–H groups in total. The maximum absolute atomic E-state index is 12.6.